The first kappa shape index (κ1) is 32.7. The quantitative estimate of drug-likeness (QED) is 0.167. The SMILES string of the molecule is CCCCCCCCCCCCCCCCc1ccccc1.N.N.O=S(=O)(O)O. The molecule has 0 unspecified atom stereocenters. The van der Waals surface area contributed by atoms with Crippen molar-refractivity contribution in [3.05, 3.63) is 35.9 Å². The first-order chi connectivity index (χ1) is 12.9. The molecule has 8 N–H and O–H groups in total. The van der Waals surface area contributed by atoms with E-state index in [1.807, 2.05) is 0 Å². The van der Waals surface area contributed by atoms with E-state index in [0.717, 1.165) is 0 Å². The Labute approximate surface area is 179 Å². The molecule has 6 nitrogen and oxygen atoms in total. The molecular formula is C22H46N2O4S. The maximum absolute atomic E-state index is 8.74. The summed E-state index contributed by atoms with van der Waals surface area (Å²) < 4.78 is 31.6. The summed E-state index contributed by atoms with van der Waals surface area (Å²) >= 11 is 0. The average Bonchev–Trinajstić information content (AvgIpc) is 2.61. The molecule has 1 aromatic rings. The number of hydrogen-bond acceptors (Lipinski definition) is 4. The van der Waals surface area contributed by atoms with Gasteiger partial charge in [0.15, 0.2) is 0 Å². The first-order valence-electron chi connectivity index (χ1n) is 10.7. The summed E-state index contributed by atoms with van der Waals surface area (Å²) in [5.74, 6) is 0. The van der Waals surface area contributed by atoms with Crippen molar-refractivity contribution in [1.29, 1.82) is 0 Å². The average molecular weight is 435 g/mol. The van der Waals surface area contributed by atoms with Crippen LogP contribution < -0.4 is 12.3 Å². The number of unbranched alkanes of at least 4 members (excludes halogenated alkanes) is 13. The van der Waals surface area contributed by atoms with Gasteiger partial charge in [0.1, 0.15) is 0 Å². The van der Waals surface area contributed by atoms with Crippen molar-refractivity contribution < 1.29 is 17.5 Å². The van der Waals surface area contributed by atoms with Crippen molar-refractivity contribution in [3.63, 3.8) is 0 Å². The Morgan fingerprint density at radius 2 is 0.931 bits per heavy atom. The van der Waals surface area contributed by atoms with Gasteiger partial charge in [-0.1, -0.05) is 121 Å². The third-order valence-corrected chi connectivity index (χ3v) is 4.66. The largest absolute Gasteiger partial charge is 0.394 e. The summed E-state index contributed by atoms with van der Waals surface area (Å²) in [4.78, 5) is 0. The van der Waals surface area contributed by atoms with E-state index < -0.39 is 10.4 Å². The monoisotopic (exact) mass is 434 g/mol. The molecule has 0 heterocycles. The van der Waals surface area contributed by atoms with E-state index in [4.69, 9.17) is 17.5 Å². The normalized spacial score (nSPS) is 10.3. The fourth-order valence-corrected chi connectivity index (χ4v) is 3.17. The summed E-state index contributed by atoms with van der Waals surface area (Å²) in [6.45, 7) is 2.29. The van der Waals surface area contributed by atoms with Crippen molar-refractivity contribution in [3.8, 4) is 0 Å². The Morgan fingerprint density at radius 3 is 1.28 bits per heavy atom. The highest BCUT2D eigenvalue weighted by atomic mass is 32.3. The Hall–Kier alpha value is -0.990. The van der Waals surface area contributed by atoms with Crippen LogP contribution in [-0.2, 0) is 16.8 Å². The minimum Gasteiger partial charge on any atom is -0.344 e. The van der Waals surface area contributed by atoms with Crippen molar-refractivity contribution in [2.45, 2.75) is 103 Å². The Balaban J connectivity index is -0.000000860. The molecule has 174 valence electrons. The van der Waals surface area contributed by atoms with Crippen molar-refractivity contribution >= 4 is 10.4 Å². The molecule has 0 amide bonds. The lowest BCUT2D eigenvalue weighted by molar-refractivity contribution is 0.381. The molecular weight excluding hydrogens is 388 g/mol. The molecule has 0 radical (unpaired) electrons. The van der Waals surface area contributed by atoms with E-state index in [9.17, 15) is 0 Å². The zero-order chi connectivity index (χ0) is 20.2. The van der Waals surface area contributed by atoms with Gasteiger partial charge in [0, 0.05) is 0 Å². The Morgan fingerprint density at radius 1 is 0.621 bits per heavy atom. The smallest absolute Gasteiger partial charge is 0.344 e. The summed E-state index contributed by atoms with van der Waals surface area (Å²) in [6.07, 6.45) is 21.5. The van der Waals surface area contributed by atoms with Gasteiger partial charge >= 0.3 is 10.4 Å². The first-order valence-corrected chi connectivity index (χ1v) is 12.1. The van der Waals surface area contributed by atoms with Crippen LogP contribution in [0.3, 0.4) is 0 Å². The van der Waals surface area contributed by atoms with Crippen LogP contribution in [0, 0.1) is 0 Å². The lowest BCUT2D eigenvalue weighted by atomic mass is 10.0. The van der Waals surface area contributed by atoms with Crippen molar-refractivity contribution in [2.24, 2.45) is 0 Å². The van der Waals surface area contributed by atoms with E-state index in [0.29, 0.717) is 0 Å². The van der Waals surface area contributed by atoms with Crippen LogP contribution >= 0.6 is 0 Å². The topological polar surface area (TPSA) is 145 Å². The third-order valence-electron chi connectivity index (χ3n) is 4.66. The highest BCUT2D eigenvalue weighted by Crippen LogP contribution is 2.13. The highest BCUT2D eigenvalue weighted by molar-refractivity contribution is 7.79. The Kier molecular flexibility index (Phi) is 26.2. The number of aryl methyl sites for hydroxylation is 1. The molecule has 29 heavy (non-hydrogen) atoms. The molecule has 0 bridgehead atoms. The lowest BCUT2D eigenvalue weighted by Gasteiger charge is -2.03. The second kappa shape index (κ2) is 23.3. The highest BCUT2D eigenvalue weighted by Gasteiger charge is 1.95. The summed E-state index contributed by atoms with van der Waals surface area (Å²) in [5.41, 5.74) is 1.50. The van der Waals surface area contributed by atoms with Crippen molar-refractivity contribution in [1.82, 2.24) is 12.3 Å². The van der Waals surface area contributed by atoms with E-state index in [1.165, 1.54) is 102 Å². The van der Waals surface area contributed by atoms with Crippen LogP contribution in [0.5, 0.6) is 0 Å². The third kappa shape index (κ3) is 31.9. The van der Waals surface area contributed by atoms with Gasteiger partial charge < -0.3 is 12.3 Å². The minimum atomic E-state index is -4.67. The maximum atomic E-state index is 8.74. The summed E-state index contributed by atoms with van der Waals surface area (Å²) in [5, 5.41) is 0. The van der Waals surface area contributed by atoms with Crippen molar-refractivity contribution in [2.75, 3.05) is 0 Å². The van der Waals surface area contributed by atoms with E-state index in [1.54, 1.807) is 0 Å². The maximum Gasteiger partial charge on any atom is 0.394 e. The molecule has 0 aliphatic rings. The van der Waals surface area contributed by atoms with Gasteiger partial charge in [-0.05, 0) is 18.4 Å². The van der Waals surface area contributed by atoms with Gasteiger partial charge in [0.05, 0.1) is 0 Å². The molecule has 0 saturated carbocycles. The summed E-state index contributed by atoms with van der Waals surface area (Å²) in [7, 11) is -4.67. The number of benzene rings is 1. The fraction of sp³-hybridized carbons (Fsp3) is 0.727. The van der Waals surface area contributed by atoms with E-state index >= 15 is 0 Å². The molecule has 0 fully saturated rings. The van der Waals surface area contributed by atoms with Crippen LogP contribution in [0.1, 0.15) is 102 Å². The molecule has 0 aliphatic heterocycles. The minimum absolute atomic E-state index is 0. The zero-order valence-electron chi connectivity index (χ0n) is 18.5. The van der Waals surface area contributed by atoms with Gasteiger partial charge in [0.25, 0.3) is 0 Å². The van der Waals surface area contributed by atoms with Gasteiger partial charge in [0.2, 0.25) is 0 Å². The van der Waals surface area contributed by atoms with Crippen LogP contribution in [0.2, 0.25) is 0 Å². The van der Waals surface area contributed by atoms with Crippen LogP contribution in [-0.4, -0.2) is 17.5 Å². The van der Waals surface area contributed by atoms with Gasteiger partial charge in [-0.2, -0.15) is 8.42 Å². The predicted molar refractivity (Wildman–Crippen MR) is 125 cm³/mol. The van der Waals surface area contributed by atoms with Gasteiger partial charge in [-0.25, -0.2) is 0 Å². The van der Waals surface area contributed by atoms with E-state index in [-0.39, 0.29) is 12.3 Å². The second-order valence-electron chi connectivity index (χ2n) is 7.28. The lowest BCUT2D eigenvalue weighted by Crippen LogP contribution is -1.89. The predicted octanol–water partition coefficient (Wildman–Crippen LogP) is 7.38. The van der Waals surface area contributed by atoms with Gasteiger partial charge in [-0.15, -0.1) is 0 Å². The molecule has 0 aromatic heterocycles. The molecule has 0 atom stereocenters. The Bertz CT molecular complexity index is 517. The molecule has 0 saturated heterocycles. The number of rotatable bonds is 15. The van der Waals surface area contributed by atoms with Crippen LogP contribution in [0.15, 0.2) is 30.3 Å². The molecule has 1 rings (SSSR count). The zero-order valence-corrected chi connectivity index (χ0v) is 19.3. The van der Waals surface area contributed by atoms with E-state index in [2.05, 4.69) is 37.3 Å². The summed E-state index contributed by atoms with van der Waals surface area (Å²) in [6, 6.07) is 10.9. The molecule has 1 aromatic carbocycles. The number of hydrogen-bond donors (Lipinski definition) is 4. The molecule has 0 aliphatic carbocycles. The second-order valence-corrected chi connectivity index (χ2v) is 8.18. The van der Waals surface area contributed by atoms with Gasteiger partial charge in [-0.3, -0.25) is 9.11 Å². The standard InChI is InChI=1S/C22H38.2H3N.H2O4S/c1-2-3-4-5-6-7-8-9-10-11-12-13-14-16-19-22-20-17-15-18-21-22;;;1-5(2,3)4/h15,17-18,20-21H,2-14,16,19H2,1H3;2*1H3;(H2,1,2,3,4). The fourth-order valence-electron chi connectivity index (χ4n) is 3.17. The molecule has 0 spiro atoms. The van der Waals surface area contributed by atoms with Crippen LogP contribution in [0.4, 0.5) is 0 Å². The van der Waals surface area contributed by atoms with Crippen LogP contribution in [0.25, 0.3) is 0 Å². The molecule has 7 heteroatoms.